The Morgan fingerprint density at radius 1 is 1.36 bits per heavy atom. The predicted molar refractivity (Wildman–Crippen MR) is 97.9 cm³/mol. The average molecular weight is 377 g/mol. The van der Waals surface area contributed by atoms with E-state index in [2.05, 4.69) is 15.4 Å². The van der Waals surface area contributed by atoms with Crippen LogP contribution < -0.4 is 10.1 Å². The molecule has 0 bridgehead atoms. The Hall–Kier alpha value is -3.73. The Kier molecular flexibility index (Phi) is 4.49. The topological polar surface area (TPSA) is 92.8 Å². The number of rotatable bonds is 4. The normalized spacial score (nSPS) is 15.0. The highest BCUT2D eigenvalue weighted by molar-refractivity contribution is 5.94. The number of nitriles is 1. The third kappa shape index (κ3) is 3.18. The lowest BCUT2D eigenvalue weighted by molar-refractivity contribution is 0.0936. The summed E-state index contributed by atoms with van der Waals surface area (Å²) in [5.41, 5.74) is 2.62. The van der Waals surface area contributed by atoms with Crippen molar-refractivity contribution < 1.29 is 13.9 Å². The number of methoxy groups -OCH3 is 1. The summed E-state index contributed by atoms with van der Waals surface area (Å²) in [6.07, 6.45) is 2.36. The van der Waals surface area contributed by atoms with E-state index in [1.807, 2.05) is 16.8 Å². The number of pyridine rings is 1. The summed E-state index contributed by atoms with van der Waals surface area (Å²) in [5, 5.41) is 16.5. The number of carbonyl (C=O) groups excluding carboxylic acids is 1. The van der Waals surface area contributed by atoms with E-state index >= 15 is 0 Å². The molecule has 7 nitrogen and oxygen atoms in total. The molecule has 1 aliphatic rings. The fourth-order valence-corrected chi connectivity index (χ4v) is 3.25. The zero-order valence-corrected chi connectivity index (χ0v) is 15.0. The minimum Gasteiger partial charge on any atom is -0.481 e. The first-order chi connectivity index (χ1) is 13.6. The van der Waals surface area contributed by atoms with Gasteiger partial charge in [0.1, 0.15) is 11.9 Å². The van der Waals surface area contributed by atoms with Crippen molar-refractivity contribution in [2.75, 3.05) is 7.11 Å². The molecular weight excluding hydrogens is 361 g/mol. The molecule has 1 atom stereocenters. The number of carbonyl (C=O) groups is 1. The summed E-state index contributed by atoms with van der Waals surface area (Å²) in [5.74, 6) is -0.501. The van der Waals surface area contributed by atoms with Crippen LogP contribution in [0.1, 0.15) is 34.1 Å². The Balaban J connectivity index is 1.56. The molecule has 2 aromatic heterocycles. The van der Waals surface area contributed by atoms with Gasteiger partial charge in [-0.15, -0.1) is 0 Å². The number of halogens is 1. The fourth-order valence-electron chi connectivity index (χ4n) is 3.25. The van der Waals surface area contributed by atoms with Gasteiger partial charge in [-0.3, -0.25) is 9.48 Å². The van der Waals surface area contributed by atoms with Gasteiger partial charge >= 0.3 is 0 Å². The standard InChI is InChI=1S/C20H16FN5O2/c1-28-19-9-12(4-6-23-19)17-10-18-16(5-7-26(18)25-17)24-20(27)13-2-3-15(21)14(8-13)11-22/h2-4,6,8-10,16H,5,7H2,1H3,(H,24,27)/t16-/m1/s1. The molecule has 8 heteroatoms. The highest BCUT2D eigenvalue weighted by atomic mass is 19.1. The summed E-state index contributed by atoms with van der Waals surface area (Å²) in [6, 6.07) is 10.9. The summed E-state index contributed by atoms with van der Waals surface area (Å²) in [4.78, 5) is 16.6. The molecule has 0 saturated heterocycles. The number of nitrogens with zero attached hydrogens (tertiary/aromatic N) is 4. The highest BCUT2D eigenvalue weighted by Gasteiger charge is 2.27. The largest absolute Gasteiger partial charge is 0.481 e. The van der Waals surface area contributed by atoms with Gasteiger partial charge in [0.05, 0.1) is 30.1 Å². The van der Waals surface area contributed by atoms with Crippen LogP contribution >= 0.6 is 0 Å². The molecule has 0 fully saturated rings. The van der Waals surface area contributed by atoms with Gasteiger partial charge in [0.15, 0.2) is 0 Å². The van der Waals surface area contributed by atoms with E-state index in [4.69, 9.17) is 10.00 Å². The zero-order chi connectivity index (χ0) is 19.7. The molecule has 4 rings (SSSR count). The quantitative estimate of drug-likeness (QED) is 0.755. The summed E-state index contributed by atoms with van der Waals surface area (Å²) < 4.78 is 20.5. The Labute approximate surface area is 160 Å². The van der Waals surface area contributed by atoms with Crippen LogP contribution in [0.15, 0.2) is 42.6 Å². The van der Waals surface area contributed by atoms with Crippen LogP contribution in [0.4, 0.5) is 4.39 Å². The van der Waals surface area contributed by atoms with Crippen LogP contribution in [0.2, 0.25) is 0 Å². The van der Waals surface area contributed by atoms with Crippen molar-refractivity contribution in [2.24, 2.45) is 0 Å². The van der Waals surface area contributed by atoms with E-state index in [9.17, 15) is 9.18 Å². The number of hydrogen-bond donors (Lipinski definition) is 1. The molecule has 1 amide bonds. The summed E-state index contributed by atoms with van der Waals surface area (Å²) in [6.45, 7) is 0.676. The Morgan fingerprint density at radius 3 is 3.00 bits per heavy atom. The van der Waals surface area contributed by atoms with Gasteiger partial charge in [-0.1, -0.05) is 0 Å². The second-order valence-corrected chi connectivity index (χ2v) is 6.39. The Morgan fingerprint density at radius 2 is 2.21 bits per heavy atom. The minimum absolute atomic E-state index is 0.155. The first-order valence-electron chi connectivity index (χ1n) is 8.67. The number of amides is 1. The van der Waals surface area contributed by atoms with Gasteiger partial charge in [0, 0.05) is 29.9 Å². The molecule has 1 aromatic carbocycles. The van der Waals surface area contributed by atoms with Gasteiger partial charge in [-0.25, -0.2) is 9.37 Å². The molecule has 1 aliphatic heterocycles. The van der Waals surface area contributed by atoms with Crippen LogP contribution in [0.25, 0.3) is 11.3 Å². The molecular formula is C20H16FN5O2. The number of hydrogen-bond acceptors (Lipinski definition) is 5. The van der Waals surface area contributed by atoms with E-state index < -0.39 is 5.82 Å². The molecule has 0 spiro atoms. The summed E-state index contributed by atoms with van der Waals surface area (Å²) >= 11 is 0. The van der Waals surface area contributed by atoms with Gasteiger partial charge in [-0.2, -0.15) is 10.4 Å². The molecule has 28 heavy (non-hydrogen) atoms. The molecule has 0 unspecified atom stereocenters. The molecule has 3 aromatic rings. The minimum atomic E-state index is -0.643. The van der Waals surface area contributed by atoms with Crippen molar-refractivity contribution in [3.8, 4) is 23.2 Å². The van der Waals surface area contributed by atoms with E-state index in [0.717, 1.165) is 23.0 Å². The van der Waals surface area contributed by atoms with Crippen LogP contribution in [-0.4, -0.2) is 27.8 Å². The molecule has 3 heterocycles. The third-order valence-corrected chi connectivity index (χ3v) is 4.69. The lowest BCUT2D eigenvalue weighted by atomic mass is 10.1. The molecule has 140 valence electrons. The van der Waals surface area contributed by atoms with Gasteiger partial charge in [0.2, 0.25) is 5.88 Å². The van der Waals surface area contributed by atoms with Crippen molar-refractivity contribution in [1.29, 1.82) is 5.26 Å². The van der Waals surface area contributed by atoms with Crippen molar-refractivity contribution >= 4 is 5.91 Å². The van der Waals surface area contributed by atoms with Crippen molar-refractivity contribution in [3.05, 3.63) is 65.2 Å². The van der Waals surface area contributed by atoms with Crippen molar-refractivity contribution in [3.63, 3.8) is 0 Å². The average Bonchev–Trinajstić information content (AvgIpc) is 3.30. The van der Waals surface area contributed by atoms with E-state index in [-0.39, 0.29) is 23.1 Å². The summed E-state index contributed by atoms with van der Waals surface area (Å²) in [7, 11) is 1.55. The number of benzene rings is 1. The molecule has 0 aliphatic carbocycles. The number of fused-ring (bicyclic) bond motifs is 1. The van der Waals surface area contributed by atoms with Crippen molar-refractivity contribution in [2.45, 2.75) is 19.0 Å². The number of ether oxygens (including phenoxy) is 1. The zero-order valence-electron chi connectivity index (χ0n) is 15.0. The third-order valence-electron chi connectivity index (χ3n) is 4.69. The number of aromatic nitrogens is 3. The van der Waals surface area contributed by atoms with Gasteiger partial charge in [-0.05, 0) is 36.8 Å². The first-order valence-corrected chi connectivity index (χ1v) is 8.67. The van der Waals surface area contributed by atoms with E-state index in [0.29, 0.717) is 18.8 Å². The number of nitrogens with one attached hydrogen (secondary N) is 1. The molecule has 1 N–H and O–H groups in total. The predicted octanol–water partition coefficient (Wildman–Crippen LogP) is 2.84. The van der Waals surface area contributed by atoms with Crippen LogP contribution in [-0.2, 0) is 6.54 Å². The van der Waals surface area contributed by atoms with Crippen molar-refractivity contribution in [1.82, 2.24) is 20.1 Å². The maximum atomic E-state index is 13.5. The SMILES string of the molecule is COc1cc(-c2cc3n(n2)CC[C@H]3NC(=O)c2ccc(F)c(C#N)c2)ccn1. The van der Waals surface area contributed by atoms with Gasteiger partial charge in [0.25, 0.3) is 5.91 Å². The molecule has 0 saturated carbocycles. The maximum Gasteiger partial charge on any atom is 0.251 e. The Bertz CT molecular complexity index is 1100. The fraction of sp³-hybridized carbons (Fsp3) is 0.200. The maximum absolute atomic E-state index is 13.5. The first kappa shape index (κ1) is 17.7. The lowest BCUT2D eigenvalue weighted by Gasteiger charge is -2.12. The van der Waals surface area contributed by atoms with Crippen LogP contribution in [0.5, 0.6) is 5.88 Å². The van der Waals surface area contributed by atoms with E-state index in [1.54, 1.807) is 25.4 Å². The monoisotopic (exact) mass is 377 g/mol. The van der Waals surface area contributed by atoms with Crippen LogP contribution in [0.3, 0.4) is 0 Å². The smallest absolute Gasteiger partial charge is 0.251 e. The van der Waals surface area contributed by atoms with Gasteiger partial charge < -0.3 is 10.1 Å². The number of aryl methyl sites for hydroxylation is 1. The highest BCUT2D eigenvalue weighted by Crippen LogP contribution is 2.30. The van der Waals surface area contributed by atoms with E-state index in [1.165, 1.54) is 12.1 Å². The molecule has 0 radical (unpaired) electrons. The van der Waals surface area contributed by atoms with Crippen LogP contribution in [0, 0.1) is 17.1 Å². The lowest BCUT2D eigenvalue weighted by Crippen LogP contribution is -2.27. The second-order valence-electron chi connectivity index (χ2n) is 6.39. The second kappa shape index (κ2) is 7.12.